The maximum absolute atomic E-state index is 12.8. The minimum atomic E-state index is 0.213. The summed E-state index contributed by atoms with van der Waals surface area (Å²) in [4.78, 5) is 14.8. The van der Waals surface area contributed by atoms with Gasteiger partial charge in [0.15, 0.2) is 0 Å². The van der Waals surface area contributed by atoms with Crippen molar-refractivity contribution in [1.29, 1.82) is 0 Å². The molecule has 4 rings (SSSR count). The third-order valence-corrected chi connectivity index (χ3v) is 5.25. The lowest BCUT2D eigenvalue weighted by molar-refractivity contribution is -0.132. The molecule has 2 aliphatic rings. The normalized spacial score (nSPS) is 19.6. The van der Waals surface area contributed by atoms with Crippen molar-refractivity contribution in [2.45, 2.75) is 45.6 Å². The van der Waals surface area contributed by atoms with E-state index in [1.54, 1.807) is 0 Å². The second kappa shape index (κ2) is 6.54. The monoisotopic (exact) mass is 339 g/mol. The molecule has 0 aliphatic carbocycles. The van der Waals surface area contributed by atoms with Crippen molar-refractivity contribution in [3.8, 4) is 5.75 Å². The van der Waals surface area contributed by atoms with Gasteiger partial charge in [-0.05, 0) is 49.9 Å². The third kappa shape index (κ3) is 3.28. The van der Waals surface area contributed by atoms with Crippen LogP contribution in [0.25, 0.3) is 0 Å². The van der Waals surface area contributed by atoms with Gasteiger partial charge in [0, 0.05) is 25.2 Å². The van der Waals surface area contributed by atoms with Gasteiger partial charge in [-0.15, -0.1) is 0 Å². The Bertz CT molecular complexity index is 796. The van der Waals surface area contributed by atoms with E-state index in [2.05, 4.69) is 28.8 Å². The first-order valence-corrected chi connectivity index (χ1v) is 9.15. The average Bonchev–Trinajstić information content (AvgIpc) is 3.20. The number of carbonyl (C=O) groups excluding carboxylic acids is 1. The first-order valence-electron chi connectivity index (χ1n) is 9.15. The Labute approximate surface area is 148 Å². The van der Waals surface area contributed by atoms with Crippen LogP contribution in [0.2, 0.25) is 0 Å². The topological polar surface area (TPSA) is 47.4 Å². The van der Waals surface area contributed by atoms with Crippen molar-refractivity contribution < 1.29 is 9.53 Å². The highest BCUT2D eigenvalue weighted by Gasteiger charge is 2.26. The summed E-state index contributed by atoms with van der Waals surface area (Å²) in [5.41, 5.74) is 4.53. The standard InChI is InChI=1S/C20H25N3O2/c1-14-10-15(2)23(21-14)18-4-3-8-22(13-18)20(24)12-16-5-6-19-17(11-16)7-9-25-19/h5-6,10-11,18H,3-4,7-9,12-13H2,1-2H3. The SMILES string of the molecule is Cc1cc(C)n(C2CCCN(C(=O)Cc3ccc4c(c3)CCO4)C2)n1. The van der Waals surface area contributed by atoms with Crippen LogP contribution in [0.4, 0.5) is 0 Å². The van der Waals surface area contributed by atoms with Crippen LogP contribution in [0.3, 0.4) is 0 Å². The summed E-state index contributed by atoms with van der Waals surface area (Å²) in [6.45, 7) is 6.47. The van der Waals surface area contributed by atoms with Gasteiger partial charge in [-0.1, -0.05) is 12.1 Å². The molecule has 2 aromatic rings. The van der Waals surface area contributed by atoms with E-state index in [1.165, 1.54) is 11.3 Å². The second-order valence-electron chi connectivity index (χ2n) is 7.22. The van der Waals surface area contributed by atoms with Crippen molar-refractivity contribution in [1.82, 2.24) is 14.7 Å². The third-order valence-electron chi connectivity index (χ3n) is 5.25. The van der Waals surface area contributed by atoms with Gasteiger partial charge in [0.25, 0.3) is 0 Å². The van der Waals surface area contributed by atoms with Crippen molar-refractivity contribution in [2.24, 2.45) is 0 Å². The van der Waals surface area contributed by atoms with Crippen molar-refractivity contribution in [3.63, 3.8) is 0 Å². The van der Waals surface area contributed by atoms with Gasteiger partial charge in [-0.25, -0.2) is 0 Å². The smallest absolute Gasteiger partial charge is 0.227 e. The second-order valence-corrected chi connectivity index (χ2v) is 7.22. The number of likely N-dealkylation sites (tertiary alicyclic amines) is 1. The molecule has 25 heavy (non-hydrogen) atoms. The molecular weight excluding hydrogens is 314 g/mol. The zero-order valence-electron chi connectivity index (χ0n) is 15.0. The summed E-state index contributed by atoms with van der Waals surface area (Å²) >= 11 is 0. The highest BCUT2D eigenvalue weighted by atomic mass is 16.5. The number of ether oxygens (including phenoxy) is 1. The average molecular weight is 339 g/mol. The molecule has 5 nitrogen and oxygen atoms in total. The van der Waals surface area contributed by atoms with Crippen LogP contribution in [0.5, 0.6) is 5.75 Å². The molecule has 1 aromatic carbocycles. The van der Waals surface area contributed by atoms with Crippen molar-refractivity contribution in [3.05, 3.63) is 46.8 Å². The molecule has 1 aromatic heterocycles. The number of nitrogens with zero attached hydrogens (tertiary/aromatic N) is 3. The number of amides is 1. The van der Waals surface area contributed by atoms with Crippen molar-refractivity contribution >= 4 is 5.91 Å². The molecule has 0 radical (unpaired) electrons. The number of hydrogen-bond donors (Lipinski definition) is 0. The first-order chi connectivity index (χ1) is 12.1. The fourth-order valence-corrected chi connectivity index (χ4v) is 4.03. The highest BCUT2D eigenvalue weighted by molar-refractivity contribution is 5.79. The molecule has 1 amide bonds. The number of aromatic nitrogens is 2. The van der Waals surface area contributed by atoms with Gasteiger partial charge in [0.2, 0.25) is 5.91 Å². The van der Waals surface area contributed by atoms with E-state index in [9.17, 15) is 4.79 Å². The van der Waals surface area contributed by atoms with Gasteiger partial charge in [0.05, 0.1) is 24.8 Å². The lowest BCUT2D eigenvalue weighted by atomic mass is 10.0. The number of hydrogen-bond acceptors (Lipinski definition) is 3. The van der Waals surface area contributed by atoms with Crippen LogP contribution in [-0.4, -0.2) is 40.3 Å². The van der Waals surface area contributed by atoms with E-state index in [0.717, 1.165) is 56.0 Å². The van der Waals surface area contributed by atoms with Crippen LogP contribution < -0.4 is 4.74 Å². The van der Waals surface area contributed by atoms with Crippen LogP contribution >= 0.6 is 0 Å². The van der Waals surface area contributed by atoms with Gasteiger partial charge in [-0.2, -0.15) is 5.10 Å². The Kier molecular flexibility index (Phi) is 4.24. The van der Waals surface area contributed by atoms with Crippen LogP contribution in [-0.2, 0) is 17.6 Å². The summed E-state index contributed by atoms with van der Waals surface area (Å²) in [6.07, 6.45) is 3.53. The van der Waals surface area contributed by atoms with Crippen LogP contribution in [0, 0.1) is 13.8 Å². The Morgan fingerprint density at radius 1 is 1.32 bits per heavy atom. The number of fused-ring (bicyclic) bond motifs is 1. The number of piperidine rings is 1. The highest BCUT2D eigenvalue weighted by Crippen LogP contribution is 2.27. The number of benzene rings is 1. The van der Waals surface area contributed by atoms with Gasteiger partial charge in [0.1, 0.15) is 5.75 Å². The Hall–Kier alpha value is -2.30. The summed E-state index contributed by atoms with van der Waals surface area (Å²) in [7, 11) is 0. The fourth-order valence-electron chi connectivity index (χ4n) is 4.03. The predicted octanol–water partition coefficient (Wildman–Crippen LogP) is 2.84. The molecule has 132 valence electrons. The number of carbonyl (C=O) groups is 1. The zero-order valence-corrected chi connectivity index (χ0v) is 15.0. The van der Waals surface area contributed by atoms with E-state index >= 15 is 0 Å². The molecule has 1 fully saturated rings. The minimum absolute atomic E-state index is 0.213. The van der Waals surface area contributed by atoms with Gasteiger partial charge in [-0.3, -0.25) is 9.48 Å². The predicted molar refractivity (Wildman–Crippen MR) is 95.9 cm³/mol. The van der Waals surface area contributed by atoms with Crippen LogP contribution in [0.1, 0.15) is 41.4 Å². The van der Waals surface area contributed by atoms with E-state index in [-0.39, 0.29) is 5.91 Å². The molecule has 0 N–H and O–H groups in total. The number of rotatable bonds is 3. The molecule has 0 bridgehead atoms. The minimum Gasteiger partial charge on any atom is -0.493 e. The summed E-state index contributed by atoms with van der Waals surface area (Å²) in [5, 5.41) is 4.62. The first kappa shape index (κ1) is 16.2. The lowest BCUT2D eigenvalue weighted by Crippen LogP contribution is -2.41. The maximum Gasteiger partial charge on any atom is 0.227 e. The molecule has 1 saturated heterocycles. The summed E-state index contributed by atoms with van der Waals surface area (Å²) in [6, 6.07) is 8.54. The van der Waals surface area contributed by atoms with E-state index in [0.29, 0.717) is 12.5 Å². The molecule has 3 heterocycles. The van der Waals surface area contributed by atoms with E-state index in [1.807, 2.05) is 24.0 Å². The molecule has 5 heteroatoms. The summed E-state index contributed by atoms with van der Waals surface area (Å²) in [5.74, 6) is 1.18. The van der Waals surface area contributed by atoms with E-state index < -0.39 is 0 Å². The molecule has 0 spiro atoms. The van der Waals surface area contributed by atoms with Gasteiger partial charge >= 0.3 is 0 Å². The Morgan fingerprint density at radius 2 is 2.20 bits per heavy atom. The molecule has 2 aliphatic heterocycles. The molecule has 1 unspecified atom stereocenters. The number of aryl methyl sites for hydroxylation is 2. The fraction of sp³-hybridized carbons (Fsp3) is 0.500. The largest absolute Gasteiger partial charge is 0.493 e. The lowest BCUT2D eigenvalue weighted by Gasteiger charge is -2.33. The molecular formula is C20H25N3O2. The van der Waals surface area contributed by atoms with Crippen LogP contribution in [0.15, 0.2) is 24.3 Å². The Morgan fingerprint density at radius 3 is 3.00 bits per heavy atom. The maximum atomic E-state index is 12.8. The molecule has 0 saturated carbocycles. The molecule has 1 atom stereocenters. The quantitative estimate of drug-likeness (QED) is 0.864. The Balaban J connectivity index is 1.44. The van der Waals surface area contributed by atoms with E-state index in [4.69, 9.17) is 4.74 Å². The summed E-state index contributed by atoms with van der Waals surface area (Å²) < 4.78 is 7.64. The zero-order chi connectivity index (χ0) is 17.4. The van der Waals surface area contributed by atoms with Crippen molar-refractivity contribution in [2.75, 3.05) is 19.7 Å². The van der Waals surface area contributed by atoms with Gasteiger partial charge < -0.3 is 9.64 Å².